The fourth-order valence-electron chi connectivity index (χ4n) is 3.85. The Labute approximate surface area is 187 Å². The molecule has 0 atom stereocenters. The second-order valence-electron chi connectivity index (χ2n) is 7.71. The molecule has 31 heavy (non-hydrogen) atoms. The van der Waals surface area contributed by atoms with Crippen molar-refractivity contribution in [3.05, 3.63) is 42.4 Å². The summed E-state index contributed by atoms with van der Waals surface area (Å²) in [6.45, 7) is 7.57. The molecule has 0 spiro atoms. The molecule has 0 bridgehead atoms. The van der Waals surface area contributed by atoms with Crippen LogP contribution < -0.4 is 15.2 Å². The van der Waals surface area contributed by atoms with Gasteiger partial charge in [-0.3, -0.25) is 9.40 Å². The lowest BCUT2D eigenvalue weighted by Gasteiger charge is -2.30. The summed E-state index contributed by atoms with van der Waals surface area (Å²) in [6, 6.07) is 6.65. The van der Waals surface area contributed by atoms with Gasteiger partial charge < -0.3 is 15.4 Å². The average Bonchev–Trinajstić information content (AvgIpc) is 3.24. The van der Waals surface area contributed by atoms with Gasteiger partial charge in [0, 0.05) is 23.5 Å². The predicted molar refractivity (Wildman–Crippen MR) is 124 cm³/mol. The van der Waals surface area contributed by atoms with Crippen LogP contribution in [-0.4, -0.2) is 51.3 Å². The monoisotopic (exact) mass is 439 g/mol. The number of aryl methyl sites for hydroxylation is 1. The molecule has 9 heteroatoms. The van der Waals surface area contributed by atoms with Crippen LogP contribution in [0.5, 0.6) is 11.6 Å². The molecule has 164 valence electrons. The number of nitrogen functional groups attached to an aromatic ring is 1. The van der Waals surface area contributed by atoms with E-state index in [4.69, 9.17) is 10.5 Å². The molecule has 4 rings (SSSR count). The van der Waals surface area contributed by atoms with E-state index in [1.807, 2.05) is 17.9 Å². The van der Waals surface area contributed by atoms with Crippen molar-refractivity contribution in [3.8, 4) is 22.9 Å². The average molecular weight is 440 g/mol. The van der Waals surface area contributed by atoms with Crippen LogP contribution in [0.3, 0.4) is 0 Å². The maximum Gasteiger partial charge on any atom is 0.263 e. The summed E-state index contributed by atoms with van der Waals surface area (Å²) in [5.41, 5.74) is 8.88. The molecule has 0 saturated carbocycles. The van der Waals surface area contributed by atoms with Crippen molar-refractivity contribution >= 4 is 17.8 Å². The second-order valence-corrected chi connectivity index (χ2v) is 8.79. The van der Waals surface area contributed by atoms with Crippen LogP contribution in [-0.2, 0) is 0 Å². The van der Waals surface area contributed by atoms with E-state index < -0.39 is 0 Å². The molecule has 3 heterocycles. The Hall–Kier alpha value is -2.62. The molecular formula is C22H29N7OS. The molecule has 0 radical (unpaired) electrons. The maximum atomic E-state index is 6.06. The van der Waals surface area contributed by atoms with E-state index in [1.165, 1.54) is 0 Å². The van der Waals surface area contributed by atoms with Crippen molar-refractivity contribution in [2.24, 2.45) is 0 Å². The van der Waals surface area contributed by atoms with Gasteiger partial charge in [-0.1, -0.05) is 6.92 Å². The van der Waals surface area contributed by atoms with Gasteiger partial charge in [-0.05, 0) is 69.1 Å². The molecule has 1 aromatic carbocycles. The van der Waals surface area contributed by atoms with Gasteiger partial charge in [0.05, 0.1) is 30.3 Å². The van der Waals surface area contributed by atoms with Crippen molar-refractivity contribution < 1.29 is 4.74 Å². The van der Waals surface area contributed by atoms with Gasteiger partial charge in [0.25, 0.3) is 5.88 Å². The molecule has 8 nitrogen and oxygen atoms in total. The van der Waals surface area contributed by atoms with Crippen LogP contribution in [0.15, 0.2) is 41.7 Å². The molecule has 1 aliphatic heterocycles. The summed E-state index contributed by atoms with van der Waals surface area (Å²) < 4.78 is 11.1. The molecule has 3 aromatic rings. The van der Waals surface area contributed by atoms with E-state index in [1.54, 1.807) is 24.3 Å². The van der Waals surface area contributed by atoms with Gasteiger partial charge in [0.2, 0.25) is 0 Å². The van der Waals surface area contributed by atoms with Crippen LogP contribution in [0, 0.1) is 6.92 Å². The highest BCUT2D eigenvalue weighted by Crippen LogP contribution is 2.30. The van der Waals surface area contributed by atoms with Crippen molar-refractivity contribution in [3.63, 3.8) is 0 Å². The first-order chi connectivity index (χ1) is 15.1. The summed E-state index contributed by atoms with van der Waals surface area (Å²) in [6.07, 6.45) is 7.50. The Morgan fingerprint density at radius 2 is 2.03 bits per heavy atom. The molecule has 0 unspecified atom stereocenters. The third kappa shape index (κ3) is 5.17. The summed E-state index contributed by atoms with van der Waals surface area (Å²) in [7, 11) is 1.90. The van der Waals surface area contributed by atoms with Crippen LogP contribution >= 0.6 is 11.9 Å². The molecular weight excluding hydrogens is 410 g/mol. The number of rotatable bonds is 7. The Kier molecular flexibility index (Phi) is 6.74. The zero-order valence-electron chi connectivity index (χ0n) is 18.2. The Bertz CT molecular complexity index is 1030. The zero-order valence-corrected chi connectivity index (χ0v) is 19.0. The number of nitrogens with one attached hydrogen (secondary N) is 1. The molecule has 3 N–H and O–H groups in total. The van der Waals surface area contributed by atoms with Crippen LogP contribution in [0.25, 0.3) is 11.3 Å². The number of nitrogens with zero attached hydrogens (tertiary/aromatic N) is 5. The van der Waals surface area contributed by atoms with Crippen molar-refractivity contribution in [1.82, 2.24) is 29.4 Å². The first kappa shape index (κ1) is 21.6. The molecule has 1 fully saturated rings. The predicted octanol–water partition coefficient (Wildman–Crippen LogP) is 3.91. The van der Waals surface area contributed by atoms with Gasteiger partial charge in [0.1, 0.15) is 0 Å². The molecule has 1 aliphatic rings. The Morgan fingerprint density at radius 1 is 1.23 bits per heavy atom. The summed E-state index contributed by atoms with van der Waals surface area (Å²) in [4.78, 5) is 12.5. The Balaban J connectivity index is 1.52. The minimum Gasteiger partial charge on any atom is -0.433 e. The van der Waals surface area contributed by atoms with Crippen molar-refractivity contribution in [1.29, 1.82) is 0 Å². The van der Waals surface area contributed by atoms with E-state index in [2.05, 4.69) is 56.7 Å². The fraction of sp³-hybridized carbons (Fsp3) is 0.409. The SMILES string of the molecule is CCN1CCC(n2cc(Oc3nc(-c4cc(C)cc(SNC)c4)cnc3N)cn2)CC1. The number of hydrogen-bond acceptors (Lipinski definition) is 8. The van der Waals surface area contributed by atoms with Gasteiger partial charge in [-0.2, -0.15) is 5.10 Å². The highest BCUT2D eigenvalue weighted by Gasteiger charge is 2.21. The minimum atomic E-state index is 0.255. The highest BCUT2D eigenvalue weighted by molar-refractivity contribution is 7.97. The summed E-state index contributed by atoms with van der Waals surface area (Å²) in [5.74, 6) is 1.17. The number of hydrogen-bond donors (Lipinski definition) is 2. The van der Waals surface area contributed by atoms with E-state index in [0.29, 0.717) is 23.4 Å². The number of piperidine rings is 1. The lowest BCUT2D eigenvalue weighted by molar-refractivity contribution is 0.187. The lowest BCUT2D eigenvalue weighted by atomic mass is 10.1. The molecule has 0 amide bonds. The number of ether oxygens (including phenoxy) is 1. The highest BCUT2D eigenvalue weighted by atomic mass is 32.2. The molecule has 1 saturated heterocycles. The van der Waals surface area contributed by atoms with Gasteiger partial charge in [-0.25, -0.2) is 9.97 Å². The molecule has 0 aliphatic carbocycles. The van der Waals surface area contributed by atoms with Gasteiger partial charge in [0.15, 0.2) is 11.6 Å². The minimum absolute atomic E-state index is 0.255. The summed E-state index contributed by atoms with van der Waals surface area (Å²) >= 11 is 1.56. The summed E-state index contributed by atoms with van der Waals surface area (Å²) in [5, 5.41) is 4.52. The standard InChI is InChI=1S/C22H29N7OS/c1-4-28-7-5-17(6-8-28)29-14-18(12-26-29)30-22-21(23)25-13-20(27-22)16-9-15(2)10-19(11-16)31-24-3/h9-14,17,24H,4-8H2,1-3H3,(H2,23,25). The first-order valence-corrected chi connectivity index (χ1v) is 11.4. The number of aromatic nitrogens is 4. The fourth-order valence-corrected chi connectivity index (χ4v) is 4.52. The van der Waals surface area contributed by atoms with E-state index in [9.17, 15) is 0 Å². The molecule has 2 aromatic heterocycles. The number of benzene rings is 1. The maximum absolute atomic E-state index is 6.06. The van der Waals surface area contributed by atoms with E-state index in [0.717, 1.165) is 48.5 Å². The number of nitrogens with two attached hydrogens (primary N) is 1. The quantitative estimate of drug-likeness (QED) is 0.535. The second kappa shape index (κ2) is 9.67. The smallest absolute Gasteiger partial charge is 0.263 e. The topological polar surface area (TPSA) is 94.1 Å². The van der Waals surface area contributed by atoms with Crippen LogP contribution in [0.4, 0.5) is 5.82 Å². The Morgan fingerprint density at radius 3 is 2.77 bits per heavy atom. The first-order valence-electron chi connectivity index (χ1n) is 10.6. The normalized spacial score (nSPS) is 15.3. The van der Waals surface area contributed by atoms with E-state index in [-0.39, 0.29) is 5.82 Å². The lowest BCUT2D eigenvalue weighted by Crippen LogP contribution is -2.34. The zero-order chi connectivity index (χ0) is 21.8. The van der Waals surface area contributed by atoms with Crippen LogP contribution in [0.1, 0.15) is 31.4 Å². The number of likely N-dealkylation sites (tertiary alicyclic amines) is 1. The van der Waals surface area contributed by atoms with Crippen molar-refractivity contribution in [2.45, 2.75) is 37.6 Å². The third-order valence-electron chi connectivity index (χ3n) is 5.50. The van der Waals surface area contributed by atoms with Gasteiger partial charge >= 0.3 is 0 Å². The van der Waals surface area contributed by atoms with Crippen LogP contribution in [0.2, 0.25) is 0 Å². The van der Waals surface area contributed by atoms with E-state index >= 15 is 0 Å². The van der Waals surface area contributed by atoms with Gasteiger partial charge in [-0.15, -0.1) is 0 Å². The largest absolute Gasteiger partial charge is 0.433 e. The van der Waals surface area contributed by atoms with Crippen molar-refractivity contribution in [2.75, 3.05) is 32.4 Å². The number of anilines is 1. The third-order valence-corrected chi connectivity index (χ3v) is 6.18.